The molecule has 2 atom stereocenters. The summed E-state index contributed by atoms with van der Waals surface area (Å²) in [5, 5.41) is 0. The van der Waals surface area contributed by atoms with E-state index >= 15 is 0 Å². The van der Waals surface area contributed by atoms with Crippen LogP contribution < -0.4 is 0 Å². The van der Waals surface area contributed by atoms with Crippen LogP contribution in [0.1, 0.15) is 349 Å². The first-order valence-electron chi connectivity index (χ1n) is 30.8. The molecule has 0 saturated heterocycles. The van der Waals surface area contributed by atoms with E-state index in [1.807, 2.05) is 0 Å². The molecule has 6 nitrogen and oxygen atoms in total. The fourth-order valence-corrected chi connectivity index (χ4v) is 9.55. The molecule has 0 aliphatic carbocycles. The molecule has 0 aromatic rings. The zero-order chi connectivity index (χ0) is 49.6. The van der Waals surface area contributed by atoms with Crippen LogP contribution in [0.5, 0.6) is 0 Å². The first-order chi connectivity index (χ1) is 33.3. The molecule has 0 fully saturated rings. The van der Waals surface area contributed by atoms with Crippen LogP contribution in [-0.2, 0) is 28.6 Å². The summed E-state index contributed by atoms with van der Waals surface area (Å²) in [6, 6.07) is 0. The molecule has 0 aromatic heterocycles. The van der Waals surface area contributed by atoms with E-state index in [2.05, 4.69) is 34.6 Å². The van der Waals surface area contributed by atoms with Gasteiger partial charge in [0.1, 0.15) is 13.2 Å². The van der Waals surface area contributed by atoms with Gasteiger partial charge in [-0.2, -0.15) is 0 Å². The van der Waals surface area contributed by atoms with Crippen molar-refractivity contribution in [3.05, 3.63) is 0 Å². The fourth-order valence-electron chi connectivity index (χ4n) is 9.55. The van der Waals surface area contributed by atoms with Gasteiger partial charge in [0, 0.05) is 19.3 Å². The number of carbonyl (C=O) groups excluding carboxylic acids is 3. The van der Waals surface area contributed by atoms with Gasteiger partial charge in [-0.05, 0) is 31.1 Å². The highest BCUT2D eigenvalue weighted by Gasteiger charge is 2.19. The topological polar surface area (TPSA) is 78.9 Å². The number of hydrogen-bond donors (Lipinski definition) is 0. The van der Waals surface area contributed by atoms with Crippen LogP contribution in [0.3, 0.4) is 0 Å². The van der Waals surface area contributed by atoms with E-state index in [1.54, 1.807) is 0 Å². The minimum atomic E-state index is -0.763. The second-order valence-corrected chi connectivity index (χ2v) is 22.1. The third-order valence-corrected chi connectivity index (χ3v) is 14.6. The zero-order valence-electron chi connectivity index (χ0n) is 46.7. The first kappa shape index (κ1) is 66.4. The lowest BCUT2D eigenvalue weighted by atomic mass is 9.99. The molecule has 0 heterocycles. The smallest absolute Gasteiger partial charge is 0.306 e. The Morgan fingerprint density at radius 2 is 0.559 bits per heavy atom. The van der Waals surface area contributed by atoms with Crippen molar-refractivity contribution in [3.63, 3.8) is 0 Å². The summed E-state index contributed by atoms with van der Waals surface area (Å²) in [6.07, 6.45) is 59.5. The molecule has 1 unspecified atom stereocenters. The predicted molar refractivity (Wildman–Crippen MR) is 293 cm³/mol. The molecule has 0 amide bonds. The van der Waals surface area contributed by atoms with Gasteiger partial charge in [0.2, 0.25) is 0 Å². The molecule has 404 valence electrons. The number of hydrogen-bond acceptors (Lipinski definition) is 6. The molecule has 0 radical (unpaired) electrons. The summed E-state index contributed by atoms with van der Waals surface area (Å²) < 4.78 is 16.9. The van der Waals surface area contributed by atoms with E-state index in [-0.39, 0.29) is 31.1 Å². The third-order valence-electron chi connectivity index (χ3n) is 14.6. The second kappa shape index (κ2) is 54.7. The molecule has 0 saturated carbocycles. The van der Waals surface area contributed by atoms with E-state index in [0.717, 1.165) is 69.6 Å². The Hall–Kier alpha value is -1.59. The van der Waals surface area contributed by atoms with E-state index < -0.39 is 6.10 Å². The van der Waals surface area contributed by atoms with Gasteiger partial charge in [-0.1, -0.05) is 311 Å². The van der Waals surface area contributed by atoms with Crippen molar-refractivity contribution in [2.45, 2.75) is 355 Å². The predicted octanol–water partition coefficient (Wildman–Crippen LogP) is 20.4. The van der Waals surface area contributed by atoms with Crippen LogP contribution in [0, 0.1) is 11.8 Å². The van der Waals surface area contributed by atoms with Gasteiger partial charge in [-0.25, -0.2) is 0 Å². The van der Waals surface area contributed by atoms with Gasteiger partial charge in [0.15, 0.2) is 6.10 Å². The normalized spacial score (nSPS) is 12.4. The molecule has 0 aromatic carbocycles. The highest BCUT2D eigenvalue weighted by Crippen LogP contribution is 2.19. The summed E-state index contributed by atoms with van der Waals surface area (Å²) >= 11 is 0. The van der Waals surface area contributed by atoms with Crippen LogP contribution in [0.15, 0.2) is 0 Å². The summed E-state index contributed by atoms with van der Waals surface area (Å²) in [5.41, 5.74) is 0. The monoisotopic (exact) mass is 961 g/mol. The fraction of sp³-hybridized carbons (Fsp3) is 0.952. The van der Waals surface area contributed by atoms with Gasteiger partial charge in [-0.15, -0.1) is 0 Å². The van der Waals surface area contributed by atoms with Crippen molar-refractivity contribution in [1.82, 2.24) is 0 Å². The zero-order valence-corrected chi connectivity index (χ0v) is 46.7. The molecule has 0 spiro atoms. The molecule has 0 bridgehead atoms. The van der Waals surface area contributed by atoms with Crippen LogP contribution in [0.4, 0.5) is 0 Å². The average Bonchev–Trinajstić information content (AvgIpc) is 3.32. The van der Waals surface area contributed by atoms with E-state index in [0.29, 0.717) is 19.3 Å². The number of rotatable bonds is 56. The highest BCUT2D eigenvalue weighted by atomic mass is 16.6. The van der Waals surface area contributed by atoms with E-state index in [1.165, 1.54) is 238 Å². The molecule has 6 heteroatoms. The highest BCUT2D eigenvalue weighted by molar-refractivity contribution is 5.71. The maximum Gasteiger partial charge on any atom is 0.306 e. The summed E-state index contributed by atoms with van der Waals surface area (Å²) in [5.74, 6) is 0.886. The lowest BCUT2D eigenvalue weighted by molar-refractivity contribution is -0.167. The van der Waals surface area contributed by atoms with Crippen molar-refractivity contribution < 1.29 is 28.6 Å². The van der Waals surface area contributed by atoms with Gasteiger partial charge in [-0.3, -0.25) is 14.4 Å². The van der Waals surface area contributed by atoms with Crippen LogP contribution in [0.25, 0.3) is 0 Å². The van der Waals surface area contributed by atoms with Crippen LogP contribution >= 0.6 is 0 Å². The molecular weight excluding hydrogens is 841 g/mol. The minimum Gasteiger partial charge on any atom is -0.462 e. The maximum absolute atomic E-state index is 12.9. The molecule has 0 aliphatic rings. The van der Waals surface area contributed by atoms with Crippen LogP contribution in [0.2, 0.25) is 0 Å². The van der Waals surface area contributed by atoms with Gasteiger partial charge >= 0.3 is 17.9 Å². The standard InChI is InChI=1S/C62H120O6/c1-6-8-9-10-11-12-13-14-15-16-17-18-22-27-32-37-42-47-52-60(63)66-55-59(56-67-61(64)53-48-43-38-33-29-24-25-30-35-40-45-50-57(3)4)68-62(65)54-49-44-39-34-28-23-20-19-21-26-31-36-41-46-51-58(5)7-2/h57-59H,6-56H2,1-5H3/t58?,59-/m1/s1. The Morgan fingerprint density at radius 1 is 0.309 bits per heavy atom. The molecule has 0 aliphatic heterocycles. The summed E-state index contributed by atoms with van der Waals surface area (Å²) in [7, 11) is 0. The molecule has 0 rings (SSSR count). The van der Waals surface area contributed by atoms with Crippen molar-refractivity contribution in [2.24, 2.45) is 11.8 Å². The largest absolute Gasteiger partial charge is 0.462 e. The quantitative estimate of drug-likeness (QED) is 0.0343. The van der Waals surface area contributed by atoms with Crippen molar-refractivity contribution in [2.75, 3.05) is 13.2 Å². The van der Waals surface area contributed by atoms with Crippen LogP contribution in [-0.4, -0.2) is 37.2 Å². The van der Waals surface area contributed by atoms with Gasteiger partial charge in [0.05, 0.1) is 0 Å². The Balaban J connectivity index is 4.29. The van der Waals surface area contributed by atoms with E-state index in [9.17, 15) is 14.4 Å². The van der Waals surface area contributed by atoms with Gasteiger partial charge in [0.25, 0.3) is 0 Å². The van der Waals surface area contributed by atoms with Crippen molar-refractivity contribution in [1.29, 1.82) is 0 Å². The van der Waals surface area contributed by atoms with Crippen molar-refractivity contribution in [3.8, 4) is 0 Å². The molecular formula is C62H120O6. The maximum atomic E-state index is 12.9. The molecule has 68 heavy (non-hydrogen) atoms. The Bertz CT molecular complexity index is 1040. The second-order valence-electron chi connectivity index (χ2n) is 22.1. The Labute approximate surface area is 425 Å². The Kier molecular flexibility index (Phi) is 53.5. The number of esters is 3. The number of ether oxygens (including phenoxy) is 3. The third kappa shape index (κ3) is 53.8. The van der Waals surface area contributed by atoms with Crippen molar-refractivity contribution >= 4 is 17.9 Å². The first-order valence-corrected chi connectivity index (χ1v) is 30.8. The number of carbonyl (C=O) groups is 3. The molecule has 0 N–H and O–H groups in total. The summed E-state index contributed by atoms with van der Waals surface area (Å²) in [4.78, 5) is 38.2. The lowest BCUT2D eigenvalue weighted by Crippen LogP contribution is -2.30. The SMILES string of the molecule is CCCCCCCCCCCCCCCCCCCCC(=O)OC[C@H](COC(=O)CCCCCCCCCCCCCC(C)C)OC(=O)CCCCCCCCCCCCCCCCC(C)CC. The Morgan fingerprint density at radius 3 is 0.838 bits per heavy atom. The average molecular weight is 962 g/mol. The van der Waals surface area contributed by atoms with E-state index in [4.69, 9.17) is 14.2 Å². The van der Waals surface area contributed by atoms with Gasteiger partial charge < -0.3 is 14.2 Å². The minimum absolute atomic E-state index is 0.0623. The summed E-state index contributed by atoms with van der Waals surface area (Å²) in [6.45, 7) is 11.5. The lowest BCUT2D eigenvalue weighted by Gasteiger charge is -2.18. The number of unbranched alkanes of at least 4 members (excludes halogenated alkanes) is 40.